The number of hydrogen-bond acceptors (Lipinski definition) is 4. The second-order valence-electron chi connectivity index (χ2n) is 5.18. The Morgan fingerprint density at radius 1 is 1.13 bits per heavy atom. The highest BCUT2D eigenvalue weighted by molar-refractivity contribution is 6.09. The molecule has 0 radical (unpaired) electrons. The number of carbonyl (C=O) groups is 1. The first-order chi connectivity index (χ1) is 11.0. The van der Waals surface area contributed by atoms with Crippen LogP contribution >= 0.6 is 0 Å². The maximum Gasteiger partial charge on any atom is 0.267 e. The number of aryl methyl sites for hydroxylation is 1. The normalized spacial score (nSPS) is 10.7. The van der Waals surface area contributed by atoms with Gasteiger partial charge in [0, 0.05) is 23.8 Å². The van der Waals surface area contributed by atoms with Crippen LogP contribution in [0.15, 0.2) is 53.3 Å². The van der Waals surface area contributed by atoms with Gasteiger partial charge in [0.15, 0.2) is 0 Å². The number of amides is 1. The zero-order chi connectivity index (χ0) is 16.6. The maximum absolute atomic E-state index is 12.4. The number of fused-ring (bicyclic) bond motifs is 1. The van der Waals surface area contributed by atoms with Crippen molar-refractivity contribution in [3.63, 3.8) is 0 Å². The van der Waals surface area contributed by atoms with Crippen LogP contribution < -0.4 is 16.6 Å². The van der Waals surface area contributed by atoms with Crippen molar-refractivity contribution in [2.24, 2.45) is 7.05 Å². The van der Waals surface area contributed by atoms with Crippen molar-refractivity contribution in [2.45, 2.75) is 0 Å². The Morgan fingerprint density at radius 3 is 2.48 bits per heavy atom. The number of para-hydroxylation sites is 1. The van der Waals surface area contributed by atoms with E-state index < -0.39 is 11.5 Å². The number of pyridine rings is 1. The number of aromatic nitrogens is 1. The predicted molar refractivity (Wildman–Crippen MR) is 89.7 cm³/mol. The Bertz CT molecular complexity index is 959. The van der Waals surface area contributed by atoms with Crippen LogP contribution in [-0.2, 0) is 7.05 Å². The highest BCUT2D eigenvalue weighted by atomic mass is 16.3. The van der Waals surface area contributed by atoms with E-state index in [1.807, 2.05) is 0 Å². The number of nitrogens with zero attached hydrogens (tertiary/aromatic N) is 1. The van der Waals surface area contributed by atoms with E-state index in [4.69, 9.17) is 5.73 Å². The van der Waals surface area contributed by atoms with Crippen LogP contribution in [0.25, 0.3) is 10.9 Å². The van der Waals surface area contributed by atoms with Crippen molar-refractivity contribution < 1.29 is 9.90 Å². The molecule has 0 aliphatic carbocycles. The first-order valence-corrected chi connectivity index (χ1v) is 6.96. The molecule has 1 heterocycles. The lowest BCUT2D eigenvalue weighted by Crippen LogP contribution is -2.28. The average molecular weight is 309 g/mol. The van der Waals surface area contributed by atoms with Crippen LogP contribution in [0.1, 0.15) is 10.4 Å². The molecule has 0 bridgehead atoms. The van der Waals surface area contributed by atoms with Crippen LogP contribution in [0.3, 0.4) is 0 Å². The number of nitrogens with one attached hydrogen (secondary N) is 1. The molecule has 0 saturated carbocycles. The average Bonchev–Trinajstić information content (AvgIpc) is 2.55. The van der Waals surface area contributed by atoms with Gasteiger partial charge in [-0.05, 0) is 36.4 Å². The Morgan fingerprint density at radius 2 is 1.78 bits per heavy atom. The predicted octanol–water partition coefficient (Wildman–Crippen LogP) is 2.08. The van der Waals surface area contributed by atoms with Gasteiger partial charge < -0.3 is 20.7 Å². The number of aromatic hydroxyl groups is 1. The van der Waals surface area contributed by atoms with Gasteiger partial charge in [0.25, 0.3) is 11.5 Å². The second kappa shape index (κ2) is 5.49. The van der Waals surface area contributed by atoms with Gasteiger partial charge in [-0.2, -0.15) is 0 Å². The van der Waals surface area contributed by atoms with Crippen LogP contribution in [0, 0.1) is 0 Å². The summed E-state index contributed by atoms with van der Waals surface area (Å²) in [5.41, 5.74) is 6.35. The molecule has 0 aliphatic rings. The van der Waals surface area contributed by atoms with Gasteiger partial charge in [-0.25, -0.2) is 0 Å². The molecule has 6 nitrogen and oxygen atoms in total. The Labute approximate surface area is 131 Å². The Kier molecular flexibility index (Phi) is 3.50. The number of benzene rings is 2. The van der Waals surface area contributed by atoms with E-state index in [9.17, 15) is 14.7 Å². The van der Waals surface area contributed by atoms with Gasteiger partial charge in [0.05, 0.1) is 5.52 Å². The molecule has 0 unspecified atom stereocenters. The molecule has 0 aliphatic heterocycles. The van der Waals surface area contributed by atoms with E-state index in [1.54, 1.807) is 55.6 Å². The summed E-state index contributed by atoms with van der Waals surface area (Å²) < 4.78 is 1.34. The number of rotatable bonds is 2. The van der Waals surface area contributed by atoms with Crippen LogP contribution in [-0.4, -0.2) is 15.6 Å². The summed E-state index contributed by atoms with van der Waals surface area (Å²) in [6, 6.07) is 13.4. The summed E-state index contributed by atoms with van der Waals surface area (Å²) in [5, 5.41) is 13.4. The van der Waals surface area contributed by atoms with Gasteiger partial charge in [-0.1, -0.05) is 12.1 Å². The molecule has 1 aromatic heterocycles. The van der Waals surface area contributed by atoms with Crippen molar-refractivity contribution in [1.29, 1.82) is 0 Å². The fourth-order valence-corrected chi connectivity index (χ4v) is 2.44. The first kappa shape index (κ1) is 14.6. The number of nitrogens with two attached hydrogens (primary N) is 1. The number of hydrogen-bond donors (Lipinski definition) is 3. The summed E-state index contributed by atoms with van der Waals surface area (Å²) in [6.07, 6.45) is 0. The molecule has 2 aromatic carbocycles. The molecule has 3 aromatic rings. The number of anilines is 2. The standard InChI is InChI=1S/C17H15N3O3/c1-20-13-5-3-2-4-12(13)15(21)14(17(20)23)16(22)19-11-8-6-10(18)7-9-11/h2-9,21H,18H2,1H3,(H,19,22). The van der Waals surface area contributed by atoms with Crippen molar-refractivity contribution >= 4 is 28.2 Å². The third-order valence-corrected chi connectivity index (χ3v) is 3.67. The molecule has 0 fully saturated rings. The molecule has 1 amide bonds. The highest BCUT2D eigenvalue weighted by Gasteiger charge is 2.21. The lowest BCUT2D eigenvalue weighted by molar-refractivity contribution is 0.102. The van der Waals surface area contributed by atoms with Gasteiger partial charge >= 0.3 is 0 Å². The summed E-state index contributed by atoms with van der Waals surface area (Å²) in [5.74, 6) is -0.990. The molecule has 0 atom stereocenters. The third-order valence-electron chi connectivity index (χ3n) is 3.67. The van der Waals surface area contributed by atoms with Crippen molar-refractivity contribution in [2.75, 3.05) is 11.1 Å². The molecular formula is C17H15N3O3. The summed E-state index contributed by atoms with van der Waals surface area (Å²) in [7, 11) is 1.56. The topological polar surface area (TPSA) is 97.4 Å². The Hall–Kier alpha value is -3.28. The van der Waals surface area contributed by atoms with Gasteiger partial charge in [-0.3, -0.25) is 9.59 Å². The molecule has 6 heteroatoms. The van der Waals surface area contributed by atoms with Gasteiger partial charge in [0.2, 0.25) is 0 Å². The quantitative estimate of drug-likeness (QED) is 0.631. The summed E-state index contributed by atoms with van der Waals surface area (Å²) in [6.45, 7) is 0. The number of nitrogen functional groups attached to an aromatic ring is 1. The fraction of sp³-hybridized carbons (Fsp3) is 0.0588. The number of carbonyl (C=O) groups excluding carboxylic acids is 1. The van der Waals surface area contributed by atoms with E-state index in [0.29, 0.717) is 22.3 Å². The van der Waals surface area contributed by atoms with E-state index in [0.717, 1.165) is 0 Å². The monoisotopic (exact) mass is 309 g/mol. The fourth-order valence-electron chi connectivity index (χ4n) is 2.44. The first-order valence-electron chi connectivity index (χ1n) is 6.96. The highest BCUT2D eigenvalue weighted by Crippen LogP contribution is 2.26. The van der Waals surface area contributed by atoms with Crippen molar-refractivity contribution in [1.82, 2.24) is 4.57 Å². The van der Waals surface area contributed by atoms with Crippen LogP contribution in [0.5, 0.6) is 5.75 Å². The second-order valence-corrected chi connectivity index (χ2v) is 5.18. The molecule has 23 heavy (non-hydrogen) atoms. The summed E-state index contributed by atoms with van der Waals surface area (Å²) in [4.78, 5) is 24.8. The SMILES string of the molecule is Cn1c(=O)c(C(=O)Nc2ccc(N)cc2)c(O)c2ccccc21. The Balaban J connectivity index is 2.10. The molecule has 0 saturated heterocycles. The van der Waals surface area contributed by atoms with Gasteiger partial charge in [0.1, 0.15) is 11.3 Å². The molecule has 3 rings (SSSR count). The van der Waals surface area contributed by atoms with Crippen molar-refractivity contribution in [3.8, 4) is 5.75 Å². The van der Waals surface area contributed by atoms with Crippen LogP contribution in [0.2, 0.25) is 0 Å². The van der Waals surface area contributed by atoms with Crippen LogP contribution in [0.4, 0.5) is 11.4 Å². The molecule has 4 N–H and O–H groups in total. The minimum Gasteiger partial charge on any atom is -0.506 e. The lowest BCUT2D eigenvalue weighted by atomic mass is 10.1. The van der Waals surface area contributed by atoms with E-state index in [-0.39, 0.29) is 11.3 Å². The smallest absolute Gasteiger partial charge is 0.267 e. The van der Waals surface area contributed by atoms with E-state index >= 15 is 0 Å². The largest absolute Gasteiger partial charge is 0.506 e. The van der Waals surface area contributed by atoms with Gasteiger partial charge in [-0.15, -0.1) is 0 Å². The van der Waals surface area contributed by atoms with Crippen molar-refractivity contribution in [3.05, 3.63) is 64.4 Å². The third kappa shape index (κ3) is 2.50. The zero-order valence-electron chi connectivity index (χ0n) is 12.4. The summed E-state index contributed by atoms with van der Waals surface area (Å²) >= 11 is 0. The molecule has 116 valence electrons. The maximum atomic E-state index is 12.4. The lowest BCUT2D eigenvalue weighted by Gasteiger charge is -2.12. The minimum absolute atomic E-state index is 0.289. The molecular weight excluding hydrogens is 294 g/mol. The minimum atomic E-state index is -0.668. The molecule has 0 spiro atoms. The zero-order valence-corrected chi connectivity index (χ0v) is 12.4. The van der Waals surface area contributed by atoms with E-state index in [1.165, 1.54) is 4.57 Å². The van der Waals surface area contributed by atoms with E-state index in [2.05, 4.69) is 5.32 Å².